The van der Waals surface area contributed by atoms with Crippen LogP contribution in [0.1, 0.15) is 425 Å². The number of esters is 1. The number of ether oxygens (including phenoxy) is 1. The van der Waals surface area contributed by atoms with Gasteiger partial charge < -0.3 is 20.3 Å². The topological polar surface area (TPSA) is 95.9 Å². The highest BCUT2D eigenvalue weighted by molar-refractivity contribution is 5.76. The zero-order valence-corrected chi connectivity index (χ0v) is 55.8. The predicted octanol–water partition coefficient (Wildman–Crippen LogP) is 24.5. The molecule has 0 saturated heterocycles. The average molecular weight is 1160 g/mol. The quantitative estimate of drug-likeness (QED) is 0.0320. The summed E-state index contributed by atoms with van der Waals surface area (Å²) in [6.07, 6.45) is 91.1. The number of unbranched alkanes of at least 4 members (excludes halogenated alkanes) is 56. The summed E-state index contributed by atoms with van der Waals surface area (Å²) in [6.45, 7) is 4.97. The third-order valence-electron chi connectivity index (χ3n) is 17.8. The van der Waals surface area contributed by atoms with E-state index < -0.39 is 12.1 Å². The monoisotopic (exact) mass is 1150 g/mol. The number of hydrogen-bond acceptors (Lipinski definition) is 5. The highest BCUT2D eigenvalue weighted by atomic mass is 16.5. The van der Waals surface area contributed by atoms with Gasteiger partial charge in [0.05, 0.1) is 25.4 Å². The van der Waals surface area contributed by atoms with Crippen molar-refractivity contribution in [1.82, 2.24) is 5.32 Å². The highest BCUT2D eigenvalue weighted by Gasteiger charge is 2.20. The first kappa shape index (κ1) is 80.3. The normalized spacial score (nSPS) is 12.6. The first-order valence-corrected chi connectivity index (χ1v) is 37.6. The fraction of sp³-hybridized carbons (Fsp3) is 0.921. The summed E-state index contributed by atoms with van der Waals surface area (Å²) in [7, 11) is 0. The average Bonchev–Trinajstić information content (AvgIpc) is 3.48. The molecule has 0 bridgehead atoms. The van der Waals surface area contributed by atoms with Gasteiger partial charge in [-0.2, -0.15) is 0 Å². The fourth-order valence-electron chi connectivity index (χ4n) is 12.0. The molecule has 0 aliphatic rings. The van der Waals surface area contributed by atoms with Gasteiger partial charge in [-0.05, 0) is 57.8 Å². The van der Waals surface area contributed by atoms with Gasteiger partial charge in [-0.25, -0.2) is 0 Å². The number of aliphatic hydroxyl groups excluding tert-OH is 2. The van der Waals surface area contributed by atoms with E-state index >= 15 is 0 Å². The van der Waals surface area contributed by atoms with Gasteiger partial charge >= 0.3 is 5.97 Å². The lowest BCUT2D eigenvalue weighted by Crippen LogP contribution is -2.45. The van der Waals surface area contributed by atoms with Crippen LogP contribution in [0.3, 0.4) is 0 Å². The number of aliphatic hydroxyl groups is 2. The molecule has 6 heteroatoms. The van der Waals surface area contributed by atoms with Crippen molar-refractivity contribution in [2.45, 2.75) is 437 Å². The molecule has 6 nitrogen and oxygen atoms in total. The van der Waals surface area contributed by atoms with Crippen molar-refractivity contribution >= 4 is 11.9 Å². The van der Waals surface area contributed by atoms with Crippen LogP contribution in [-0.2, 0) is 14.3 Å². The standard InChI is InChI=1S/C76H147NO5/c1-3-5-7-9-11-13-15-17-19-20-34-37-41-44-48-52-56-60-64-68-74(79)73(72-78)77-75(80)69-65-61-57-53-49-45-42-38-35-32-30-28-26-24-22-21-23-25-27-29-31-33-36-39-43-47-51-55-59-63-67-71-82-76(81)70-66-62-58-54-50-46-40-18-16-14-12-10-8-6-4-2/h12,14,18,40,73-74,78-79H,3-11,13,15-17,19-39,41-72H2,1-2H3,(H,77,80)/b14-12-,40-18-. The van der Waals surface area contributed by atoms with Crippen molar-refractivity contribution < 1.29 is 24.5 Å². The molecule has 0 aliphatic heterocycles. The molecule has 0 aliphatic carbocycles. The zero-order chi connectivity index (χ0) is 59.2. The number of nitrogens with one attached hydrogen (secondary N) is 1. The molecule has 2 atom stereocenters. The summed E-state index contributed by atoms with van der Waals surface area (Å²) in [5.74, 6) is -0.0188. The molecule has 0 heterocycles. The van der Waals surface area contributed by atoms with Crippen LogP contribution in [0.15, 0.2) is 24.3 Å². The predicted molar refractivity (Wildman–Crippen MR) is 361 cm³/mol. The Labute approximate surface area is 513 Å². The Balaban J connectivity index is 3.33. The van der Waals surface area contributed by atoms with Gasteiger partial charge in [-0.3, -0.25) is 9.59 Å². The van der Waals surface area contributed by atoms with Crippen LogP contribution in [-0.4, -0.2) is 47.4 Å². The Morgan fingerprint density at radius 3 is 0.951 bits per heavy atom. The minimum absolute atomic E-state index is 0.00743. The van der Waals surface area contributed by atoms with Gasteiger partial charge in [0.2, 0.25) is 5.91 Å². The Morgan fingerprint density at radius 1 is 0.341 bits per heavy atom. The summed E-state index contributed by atoms with van der Waals surface area (Å²) in [4.78, 5) is 24.6. The van der Waals surface area contributed by atoms with Crippen LogP contribution < -0.4 is 5.32 Å². The first-order chi connectivity index (χ1) is 40.5. The molecule has 1 amide bonds. The fourth-order valence-corrected chi connectivity index (χ4v) is 12.0. The molecule has 486 valence electrons. The molecule has 0 aromatic rings. The maximum atomic E-state index is 12.5. The second kappa shape index (κ2) is 71.8. The molecule has 3 N–H and O–H groups in total. The Bertz CT molecular complexity index is 1280. The van der Waals surface area contributed by atoms with Crippen molar-refractivity contribution in [3.8, 4) is 0 Å². The van der Waals surface area contributed by atoms with Gasteiger partial charge in [-0.15, -0.1) is 0 Å². The molecule has 0 spiro atoms. The van der Waals surface area contributed by atoms with E-state index in [0.717, 1.165) is 51.4 Å². The summed E-state index contributed by atoms with van der Waals surface area (Å²) in [5.41, 5.74) is 0. The Hall–Kier alpha value is -1.66. The van der Waals surface area contributed by atoms with Gasteiger partial charge in [0.15, 0.2) is 0 Å². The van der Waals surface area contributed by atoms with E-state index in [4.69, 9.17) is 4.74 Å². The first-order valence-electron chi connectivity index (χ1n) is 37.6. The molecule has 0 saturated carbocycles. The molecule has 0 fully saturated rings. The van der Waals surface area contributed by atoms with Crippen molar-refractivity contribution in [3.63, 3.8) is 0 Å². The van der Waals surface area contributed by atoms with E-state index in [1.807, 2.05) is 0 Å². The van der Waals surface area contributed by atoms with E-state index in [0.29, 0.717) is 25.9 Å². The van der Waals surface area contributed by atoms with E-state index in [2.05, 4.69) is 43.5 Å². The number of rotatable bonds is 71. The Kier molecular flexibility index (Phi) is 70.4. The Morgan fingerprint density at radius 2 is 0.610 bits per heavy atom. The molecular weight excluding hydrogens is 1010 g/mol. The van der Waals surface area contributed by atoms with E-state index in [1.165, 1.54) is 340 Å². The lowest BCUT2D eigenvalue weighted by Gasteiger charge is -2.22. The summed E-state index contributed by atoms with van der Waals surface area (Å²) >= 11 is 0. The summed E-state index contributed by atoms with van der Waals surface area (Å²) in [5, 5.41) is 23.4. The third kappa shape index (κ3) is 67.5. The molecule has 0 rings (SSSR count). The van der Waals surface area contributed by atoms with E-state index in [9.17, 15) is 19.8 Å². The SMILES string of the molecule is CCCCC/C=C\C/C=C\CCCCCCCC(=O)OCCCCCCCCCCCCCCCCCCCCCCCCCCCCCCCCCC(=O)NC(CO)C(O)CCCCCCCCCCCCCCCCCCCCC. The van der Waals surface area contributed by atoms with Crippen molar-refractivity contribution in [2.24, 2.45) is 0 Å². The zero-order valence-electron chi connectivity index (χ0n) is 55.8. The van der Waals surface area contributed by atoms with Gasteiger partial charge in [0.25, 0.3) is 0 Å². The largest absolute Gasteiger partial charge is 0.466 e. The van der Waals surface area contributed by atoms with Crippen LogP contribution in [0.4, 0.5) is 0 Å². The van der Waals surface area contributed by atoms with Crippen LogP contribution in [0.2, 0.25) is 0 Å². The highest BCUT2D eigenvalue weighted by Crippen LogP contribution is 2.20. The smallest absolute Gasteiger partial charge is 0.305 e. The van der Waals surface area contributed by atoms with Gasteiger partial charge in [0, 0.05) is 12.8 Å². The van der Waals surface area contributed by atoms with Gasteiger partial charge in [0.1, 0.15) is 0 Å². The second-order valence-corrected chi connectivity index (χ2v) is 26.0. The van der Waals surface area contributed by atoms with Crippen molar-refractivity contribution in [1.29, 1.82) is 0 Å². The molecule has 82 heavy (non-hydrogen) atoms. The number of carbonyl (C=O) groups excluding carboxylic acids is 2. The van der Waals surface area contributed by atoms with Crippen LogP contribution in [0.25, 0.3) is 0 Å². The maximum absolute atomic E-state index is 12.5. The summed E-state index contributed by atoms with van der Waals surface area (Å²) < 4.78 is 5.49. The minimum Gasteiger partial charge on any atom is -0.466 e. The van der Waals surface area contributed by atoms with E-state index in [-0.39, 0.29) is 18.5 Å². The number of carbonyl (C=O) groups is 2. The second-order valence-electron chi connectivity index (χ2n) is 26.0. The minimum atomic E-state index is -0.662. The molecular formula is C76H147NO5. The maximum Gasteiger partial charge on any atom is 0.305 e. The molecule has 0 aromatic carbocycles. The molecule has 0 aromatic heterocycles. The lowest BCUT2D eigenvalue weighted by molar-refractivity contribution is -0.143. The van der Waals surface area contributed by atoms with Crippen LogP contribution >= 0.6 is 0 Å². The number of amides is 1. The number of hydrogen-bond donors (Lipinski definition) is 3. The molecule has 0 radical (unpaired) electrons. The molecule has 2 unspecified atom stereocenters. The van der Waals surface area contributed by atoms with Crippen molar-refractivity contribution in [3.05, 3.63) is 24.3 Å². The third-order valence-corrected chi connectivity index (χ3v) is 17.8. The van der Waals surface area contributed by atoms with E-state index in [1.54, 1.807) is 0 Å². The van der Waals surface area contributed by atoms with Crippen LogP contribution in [0, 0.1) is 0 Å². The van der Waals surface area contributed by atoms with Crippen LogP contribution in [0.5, 0.6) is 0 Å². The summed E-state index contributed by atoms with van der Waals surface area (Å²) in [6, 6.07) is -0.539. The van der Waals surface area contributed by atoms with Gasteiger partial charge in [-0.1, -0.05) is 378 Å². The number of allylic oxidation sites excluding steroid dienone is 4. The van der Waals surface area contributed by atoms with Crippen molar-refractivity contribution in [2.75, 3.05) is 13.2 Å². The lowest BCUT2D eigenvalue weighted by atomic mass is 10.0.